The molecule has 86 valence electrons. The van der Waals surface area contributed by atoms with Crippen molar-refractivity contribution in [2.24, 2.45) is 5.73 Å². The van der Waals surface area contributed by atoms with Crippen molar-refractivity contribution in [3.05, 3.63) is 18.1 Å². The predicted molar refractivity (Wildman–Crippen MR) is 65.5 cm³/mol. The fourth-order valence-corrected chi connectivity index (χ4v) is 1.85. The van der Waals surface area contributed by atoms with Gasteiger partial charge in [0.15, 0.2) is 0 Å². The van der Waals surface area contributed by atoms with Crippen molar-refractivity contribution >= 4 is 23.0 Å². The molecule has 1 aromatic heterocycles. The van der Waals surface area contributed by atoms with Gasteiger partial charge in [0.25, 0.3) is 0 Å². The molecule has 0 saturated carbocycles. The first-order chi connectivity index (χ1) is 7.70. The van der Waals surface area contributed by atoms with Crippen LogP contribution in [0.4, 0.5) is 5.82 Å². The summed E-state index contributed by atoms with van der Waals surface area (Å²) in [5.41, 5.74) is 6.01. The molecule has 1 atom stereocenters. The average Bonchev–Trinajstić information content (AvgIpc) is 2.77. The molecular formula is C10H14N4OS. The summed E-state index contributed by atoms with van der Waals surface area (Å²) < 4.78 is 5.29. The number of anilines is 1. The van der Waals surface area contributed by atoms with Crippen LogP contribution in [0.2, 0.25) is 0 Å². The molecule has 0 bridgehead atoms. The van der Waals surface area contributed by atoms with Gasteiger partial charge in [-0.25, -0.2) is 9.97 Å². The first kappa shape index (κ1) is 11.2. The zero-order valence-electron chi connectivity index (χ0n) is 9.09. The molecule has 1 saturated heterocycles. The number of thiocarbonyl (C=S) groups is 1. The van der Waals surface area contributed by atoms with Crippen LogP contribution in [0, 0.1) is 0 Å². The van der Waals surface area contributed by atoms with Gasteiger partial charge in [0.1, 0.15) is 16.5 Å². The fraction of sp³-hybridized carbons (Fsp3) is 0.500. The molecule has 2 rings (SSSR count). The van der Waals surface area contributed by atoms with Crippen LogP contribution in [0.5, 0.6) is 0 Å². The smallest absolute Gasteiger partial charge is 0.147 e. The van der Waals surface area contributed by atoms with Gasteiger partial charge in [-0.1, -0.05) is 12.2 Å². The Hall–Kier alpha value is -1.27. The summed E-state index contributed by atoms with van der Waals surface area (Å²) in [7, 11) is 1.73. The maximum absolute atomic E-state index is 5.46. The van der Waals surface area contributed by atoms with Crippen LogP contribution in [-0.4, -0.2) is 41.3 Å². The lowest BCUT2D eigenvalue weighted by atomic mass is 10.3. The lowest BCUT2D eigenvalue weighted by molar-refractivity contribution is 0.121. The molecule has 1 aromatic rings. The fourth-order valence-electron chi connectivity index (χ4n) is 1.74. The molecule has 2 heterocycles. The summed E-state index contributed by atoms with van der Waals surface area (Å²) in [6.07, 6.45) is 4.62. The molecule has 1 fully saturated rings. The van der Waals surface area contributed by atoms with Crippen molar-refractivity contribution < 1.29 is 4.74 Å². The Bertz CT molecular complexity index is 381. The lowest BCUT2D eigenvalue weighted by Crippen LogP contribution is -2.23. The van der Waals surface area contributed by atoms with E-state index in [1.807, 2.05) is 0 Å². The standard InChI is InChI=1S/C10H14N4OS/c1-15-7-2-3-14(6-7)9-5-12-8(4-13-9)10(11)16/h4-5,7H,2-3,6H2,1H3,(H2,11,16). The van der Waals surface area contributed by atoms with Gasteiger partial charge in [0.2, 0.25) is 0 Å². The van der Waals surface area contributed by atoms with Crippen LogP contribution in [0.1, 0.15) is 12.1 Å². The summed E-state index contributed by atoms with van der Waals surface area (Å²) in [6, 6.07) is 0. The SMILES string of the molecule is COC1CCN(c2cnc(C(N)=S)cn2)C1. The van der Waals surface area contributed by atoms with E-state index in [9.17, 15) is 0 Å². The van der Waals surface area contributed by atoms with Crippen LogP contribution in [0.15, 0.2) is 12.4 Å². The number of rotatable bonds is 3. The van der Waals surface area contributed by atoms with Gasteiger partial charge in [0, 0.05) is 20.2 Å². The van der Waals surface area contributed by atoms with E-state index in [-0.39, 0.29) is 11.1 Å². The van der Waals surface area contributed by atoms with Gasteiger partial charge >= 0.3 is 0 Å². The van der Waals surface area contributed by atoms with E-state index in [2.05, 4.69) is 14.9 Å². The predicted octanol–water partition coefficient (Wildman–Crippen LogP) is 0.336. The third kappa shape index (κ3) is 2.28. The minimum absolute atomic E-state index is 0.273. The monoisotopic (exact) mass is 238 g/mol. The highest BCUT2D eigenvalue weighted by Crippen LogP contribution is 2.18. The Morgan fingerprint density at radius 2 is 2.38 bits per heavy atom. The highest BCUT2D eigenvalue weighted by molar-refractivity contribution is 7.80. The normalized spacial score (nSPS) is 20.1. The van der Waals surface area contributed by atoms with E-state index in [0.717, 1.165) is 25.3 Å². The van der Waals surface area contributed by atoms with Gasteiger partial charge in [0.05, 0.1) is 18.5 Å². The molecule has 0 amide bonds. The second-order valence-corrected chi connectivity index (χ2v) is 4.16. The van der Waals surface area contributed by atoms with E-state index in [1.54, 1.807) is 19.5 Å². The van der Waals surface area contributed by atoms with Crippen LogP contribution in [0.25, 0.3) is 0 Å². The Labute approximate surface area is 99.6 Å². The molecular weight excluding hydrogens is 224 g/mol. The maximum atomic E-state index is 5.46. The third-order valence-electron chi connectivity index (χ3n) is 2.69. The minimum Gasteiger partial charge on any atom is -0.388 e. The lowest BCUT2D eigenvalue weighted by Gasteiger charge is -2.16. The van der Waals surface area contributed by atoms with Gasteiger partial charge < -0.3 is 15.4 Å². The minimum atomic E-state index is 0.273. The molecule has 16 heavy (non-hydrogen) atoms. The van der Waals surface area contributed by atoms with E-state index >= 15 is 0 Å². The number of ether oxygens (including phenoxy) is 1. The van der Waals surface area contributed by atoms with Crippen LogP contribution >= 0.6 is 12.2 Å². The van der Waals surface area contributed by atoms with Crippen molar-refractivity contribution in [2.75, 3.05) is 25.1 Å². The Kier molecular flexibility index (Phi) is 3.31. The topological polar surface area (TPSA) is 64.3 Å². The van der Waals surface area contributed by atoms with Crippen molar-refractivity contribution in [1.29, 1.82) is 0 Å². The first-order valence-electron chi connectivity index (χ1n) is 5.10. The van der Waals surface area contributed by atoms with E-state index in [1.165, 1.54) is 0 Å². The van der Waals surface area contributed by atoms with Crippen molar-refractivity contribution in [3.63, 3.8) is 0 Å². The van der Waals surface area contributed by atoms with Crippen LogP contribution in [0.3, 0.4) is 0 Å². The summed E-state index contributed by atoms with van der Waals surface area (Å²) in [4.78, 5) is 10.9. The Morgan fingerprint density at radius 1 is 1.56 bits per heavy atom. The third-order valence-corrected chi connectivity index (χ3v) is 2.90. The zero-order chi connectivity index (χ0) is 11.5. The number of aromatic nitrogens is 2. The quantitative estimate of drug-likeness (QED) is 0.766. The van der Waals surface area contributed by atoms with Crippen LogP contribution < -0.4 is 10.6 Å². The zero-order valence-corrected chi connectivity index (χ0v) is 9.91. The number of nitrogens with zero attached hydrogens (tertiary/aromatic N) is 3. The summed E-state index contributed by atoms with van der Waals surface area (Å²) in [5, 5.41) is 0. The number of methoxy groups -OCH3 is 1. The van der Waals surface area contributed by atoms with E-state index < -0.39 is 0 Å². The summed E-state index contributed by atoms with van der Waals surface area (Å²) in [5.74, 6) is 0.847. The van der Waals surface area contributed by atoms with Crippen molar-refractivity contribution in [2.45, 2.75) is 12.5 Å². The molecule has 6 heteroatoms. The number of hydrogen-bond donors (Lipinski definition) is 1. The molecule has 0 aromatic carbocycles. The van der Waals surface area contributed by atoms with Crippen molar-refractivity contribution in [1.82, 2.24) is 9.97 Å². The summed E-state index contributed by atoms with van der Waals surface area (Å²) >= 11 is 4.82. The molecule has 1 unspecified atom stereocenters. The largest absolute Gasteiger partial charge is 0.388 e. The maximum Gasteiger partial charge on any atom is 0.147 e. The molecule has 5 nitrogen and oxygen atoms in total. The van der Waals surface area contributed by atoms with Crippen LogP contribution in [-0.2, 0) is 4.74 Å². The van der Waals surface area contributed by atoms with Crippen molar-refractivity contribution in [3.8, 4) is 0 Å². The Balaban J connectivity index is 2.08. The second-order valence-electron chi connectivity index (χ2n) is 3.72. The molecule has 0 radical (unpaired) electrons. The molecule has 2 N–H and O–H groups in total. The van der Waals surface area contributed by atoms with Gasteiger partial charge in [-0.3, -0.25) is 0 Å². The number of nitrogens with two attached hydrogens (primary N) is 1. The first-order valence-corrected chi connectivity index (χ1v) is 5.51. The number of hydrogen-bond acceptors (Lipinski definition) is 5. The molecule has 1 aliphatic heterocycles. The van der Waals surface area contributed by atoms with E-state index in [0.29, 0.717) is 5.69 Å². The Morgan fingerprint density at radius 3 is 2.88 bits per heavy atom. The highest BCUT2D eigenvalue weighted by atomic mass is 32.1. The second kappa shape index (κ2) is 4.71. The molecule has 0 spiro atoms. The van der Waals surface area contributed by atoms with Gasteiger partial charge in [-0.05, 0) is 6.42 Å². The average molecular weight is 238 g/mol. The molecule has 0 aliphatic carbocycles. The van der Waals surface area contributed by atoms with Gasteiger partial charge in [-0.15, -0.1) is 0 Å². The summed E-state index contributed by atoms with van der Waals surface area (Å²) in [6.45, 7) is 1.80. The van der Waals surface area contributed by atoms with Gasteiger partial charge in [-0.2, -0.15) is 0 Å². The highest BCUT2D eigenvalue weighted by Gasteiger charge is 2.23. The van der Waals surface area contributed by atoms with E-state index in [4.69, 9.17) is 22.7 Å². The molecule has 1 aliphatic rings.